The first kappa shape index (κ1) is 17.6. The van der Waals surface area contributed by atoms with Crippen molar-refractivity contribution in [1.29, 1.82) is 0 Å². The van der Waals surface area contributed by atoms with Gasteiger partial charge in [0.25, 0.3) is 0 Å². The number of hydrazone groups is 1. The highest BCUT2D eigenvalue weighted by Crippen LogP contribution is 2.74. The summed E-state index contributed by atoms with van der Waals surface area (Å²) >= 11 is 0. The summed E-state index contributed by atoms with van der Waals surface area (Å²) in [5.41, 5.74) is 2.43. The fourth-order valence-corrected chi connectivity index (χ4v) is 5.27. The van der Waals surface area contributed by atoms with Gasteiger partial charge >= 0.3 is 0 Å². The first-order valence-corrected chi connectivity index (χ1v) is 10.3. The zero-order chi connectivity index (χ0) is 20.3. The Balaban J connectivity index is 1.12. The summed E-state index contributed by atoms with van der Waals surface area (Å²) in [5, 5.41) is 6.08. The lowest BCUT2D eigenvalue weighted by Gasteiger charge is -2.69. The molecule has 0 aromatic carbocycles. The van der Waals surface area contributed by atoms with Gasteiger partial charge in [0.15, 0.2) is 0 Å². The van der Waals surface area contributed by atoms with Crippen LogP contribution in [0.15, 0.2) is 48.1 Å². The molecule has 3 aromatic rings. The number of imidazole rings is 1. The predicted molar refractivity (Wildman–Crippen MR) is 109 cm³/mol. The van der Waals surface area contributed by atoms with Crippen molar-refractivity contribution in [1.82, 2.24) is 24.4 Å². The van der Waals surface area contributed by atoms with Gasteiger partial charge in [-0.3, -0.25) is 9.78 Å². The summed E-state index contributed by atoms with van der Waals surface area (Å²) in [4.78, 5) is 26.5. The monoisotopic (exact) mass is 402 g/mol. The van der Waals surface area contributed by atoms with Crippen LogP contribution >= 0.6 is 0 Å². The largest absolute Gasteiger partial charge is 0.476 e. The molecule has 30 heavy (non-hydrogen) atoms. The number of aromatic nitrogens is 4. The van der Waals surface area contributed by atoms with Gasteiger partial charge in [0.05, 0.1) is 35.8 Å². The number of ether oxygens (including phenoxy) is 1. The van der Waals surface area contributed by atoms with Gasteiger partial charge in [0, 0.05) is 30.4 Å². The van der Waals surface area contributed by atoms with Crippen molar-refractivity contribution in [2.75, 3.05) is 6.61 Å². The quantitative estimate of drug-likeness (QED) is 0.655. The van der Waals surface area contributed by atoms with Crippen LogP contribution in [0.5, 0.6) is 5.88 Å². The SMILES string of the molecule is Cc1cnc(OCC23CC(C(=O)N4N=CCC4c4cn5ccccc5n4)(C2)C3)cn1. The highest BCUT2D eigenvalue weighted by molar-refractivity contribution is 5.88. The third-order valence-electron chi connectivity index (χ3n) is 6.64. The maximum absolute atomic E-state index is 13.4. The standard InChI is InChI=1S/C22H22N6O2/c1-15-8-24-19(9-23-15)30-14-21-11-22(12-21,13-21)20(29)28-17(5-6-25-28)16-10-27-7-3-2-4-18(27)26-16/h2-4,6-10,17H,5,11-14H2,1H3. The third-order valence-corrected chi connectivity index (χ3v) is 6.64. The summed E-state index contributed by atoms with van der Waals surface area (Å²) in [7, 11) is 0. The Morgan fingerprint density at radius 2 is 2.10 bits per heavy atom. The van der Waals surface area contributed by atoms with Crippen molar-refractivity contribution in [3.63, 3.8) is 0 Å². The zero-order valence-electron chi connectivity index (χ0n) is 16.7. The smallest absolute Gasteiger partial charge is 0.249 e. The van der Waals surface area contributed by atoms with Crippen LogP contribution in [0.25, 0.3) is 5.65 Å². The molecule has 3 aromatic heterocycles. The van der Waals surface area contributed by atoms with Crippen molar-refractivity contribution in [2.45, 2.75) is 38.6 Å². The molecule has 1 aliphatic heterocycles. The minimum absolute atomic E-state index is 0.0876. The number of hydrogen-bond acceptors (Lipinski definition) is 6. The van der Waals surface area contributed by atoms with E-state index in [0.717, 1.165) is 36.3 Å². The van der Waals surface area contributed by atoms with Gasteiger partial charge in [-0.25, -0.2) is 15.0 Å². The number of carbonyl (C=O) groups excluding carboxylic acids is 1. The summed E-state index contributed by atoms with van der Waals surface area (Å²) in [6.07, 6.45) is 12.4. The molecule has 7 rings (SSSR count). The second-order valence-electron chi connectivity index (χ2n) is 8.93. The lowest BCUT2D eigenvalue weighted by Crippen LogP contribution is -2.69. The van der Waals surface area contributed by atoms with Crippen LogP contribution in [0, 0.1) is 17.8 Å². The van der Waals surface area contributed by atoms with Crippen LogP contribution in [0.2, 0.25) is 0 Å². The number of amides is 1. The minimum atomic E-state index is -0.290. The minimum Gasteiger partial charge on any atom is -0.476 e. The Kier molecular flexibility index (Phi) is 3.57. The van der Waals surface area contributed by atoms with Gasteiger partial charge < -0.3 is 9.14 Å². The molecule has 0 N–H and O–H groups in total. The predicted octanol–water partition coefficient (Wildman–Crippen LogP) is 2.94. The maximum atomic E-state index is 13.4. The van der Waals surface area contributed by atoms with Gasteiger partial charge in [0.1, 0.15) is 11.7 Å². The molecule has 3 saturated carbocycles. The average molecular weight is 402 g/mol. The first-order valence-electron chi connectivity index (χ1n) is 10.3. The molecule has 1 atom stereocenters. The lowest BCUT2D eigenvalue weighted by atomic mass is 9.35. The van der Waals surface area contributed by atoms with Gasteiger partial charge in [-0.2, -0.15) is 5.10 Å². The van der Waals surface area contributed by atoms with Crippen LogP contribution in [-0.4, -0.2) is 43.1 Å². The van der Waals surface area contributed by atoms with E-state index in [4.69, 9.17) is 9.72 Å². The van der Waals surface area contributed by atoms with E-state index in [1.54, 1.807) is 17.4 Å². The number of fused-ring (bicyclic) bond motifs is 1. The Morgan fingerprint density at radius 1 is 1.23 bits per heavy atom. The molecule has 8 nitrogen and oxygen atoms in total. The normalized spacial score (nSPS) is 29.0. The molecule has 1 unspecified atom stereocenters. The molecule has 4 aliphatic rings. The highest BCUT2D eigenvalue weighted by atomic mass is 16.5. The molecular weight excluding hydrogens is 380 g/mol. The topological polar surface area (TPSA) is 85.0 Å². The molecule has 0 radical (unpaired) electrons. The fraction of sp³-hybridized carbons (Fsp3) is 0.409. The Labute approximate surface area is 173 Å². The highest BCUT2D eigenvalue weighted by Gasteiger charge is 2.73. The van der Waals surface area contributed by atoms with E-state index in [9.17, 15) is 4.79 Å². The van der Waals surface area contributed by atoms with E-state index >= 15 is 0 Å². The Hall–Kier alpha value is -3.29. The van der Waals surface area contributed by atoms with E-state index in [2.05, 4.69) is 15.1 Å². The summed E-state index contributed by atoms with van der Waals surface area (Å²) < 4.78 is 7.82. The van der Waals surface area contributed by atoms with Crippen molar-refractivity contribution in [2.24, 2.45) is 15.9 Å². The van der Waals surface area contributed by atoms with Crippen LogP contribution < -0.4 is 4.74 Å². The Morgan fingerprint density at radius 3 is 2.87 bits per heavy atom. The van der Waals surface area contributed by atoms with Gasteiger partial charge in [-0.15, -0.1) is 0 Å². The number of hydrogen-bond donors (Lipinski definition) is 0. The average Bonchev–Trinajstić information content (AvgIpc) is 3.33. The van der Waals surface area contributed by atoms with Crippen LogP contribution in [0.4, 0.5) is 0 Å². The molecular formula is C22H22N6O2. The Bertz CT molecular complexity index is 1120. The molecule has 2 bridgehead atoms. The van der Waals surface area contributed by atoms with Gasteiger partial charge in [-0.05, 0) is 38.3 Å². The van der Waals surface area contributed by atoms with Crippen molar-refractivity contribution < 1.29 is 9.53 Å². The third kappa shape index (κ3) is 2.56. The molecule has 1 amide bonds. The second kappa shape index (κ2) is 6.10. The molecule has 4 heterocycles. The molecule has 3 fully saturated rings. The van der Waals surface area contributed by atoms with Crippen LogP contribution in [0.3, 0.4) is 0 Å². The number of pyridine rings is 1. The molecule has 8 heteroatoms. The second-order valence-corrected chi connectivity index (χ2v) is 8.93. The number of rotatable bonds is 5. The lowest BCUT2D eigenvalue weighted by molar-refractivity contribution is -0.227. The van der Waals surface area contributed by atoms with E-state index < -0.39 is 0 Å². The van der Waals surface area contributed by atoms with E-state index in [-0.39, 0.29) is 22.8 Å². The van der Waals surface area contributed by atoms with E-state index in [0.29, 0.717) is 18.9 Å². The summed E-state index contributed by atoms with van der Waals surface area (Å²) in [6, 6.07) is 5.78. The van der Waals surface area contributed by atoms with Gasteiger partial charge in [0.2, 0.25) is 11.8 Å². The fourth-order valence-electron chi connectivity index (χ4n) is 5.27. The van der Waals surface area contributed by atoms with Crippen molar-refractivity contribution in [3.8, 4) is 5.88 Å². The van der Waals surface area contributed by atoms with Crippen LogP contribution in [-0.2, 0) is 4.79 Å². The molecule has 3 aliphatic carbocycles. The van der Waals surface area contributed by atoms with E-state index in [1.165, 1.54) is 0 Å². The zero-order valence-corrected chi connectivity index (χ0v) is 16.7. The maximum Gasteiger partial charge on any atom is 0.249 e. The summed E-state index contributed by atoms with van der Waals surface area (Å²) in [5.74, 6) is 0.664. The molecule has 152 valence electrons. The number of nitrogens with zero attached hydrogens (tertiary/aromatic N) is 6. The first-order chi connectivity index (χ1) is 14.6. The van der Waals surface area contributed by atoms with E-state index in [1.807, 2.05) is 48.1 Å². The number of aryl methyl sites for hydroxylation is 1. The van der Waals surface area contributed by atoms with Crippen LogP contribution in [0.1, 0.15) is 43.1 Å². The number of carbonyl (C=O) groups is 1. The van der Waals surface area contributed by atoms with Crippen molar-refractivity contribution >= 4 is 17.8 Å². The van der Waals surface area contributed by atoms with Gasteiger partial charge in [-0.1, -0.05) is 6.07 Å². The summed E-state index contributed by atoms with van der Waals surface area (Å²) in [6.45, 7) is 2.48. The molecule has 0 spiro atoms. The molecule has 0 saturated heterocycles. The van der Waals surface area contributed by atoms with Crippen molar-refractivity contribution in [3.05, 3.63) is 54.4 Å².